The summed E-state index contributed by atoms with van der Waals surface area (Å²) in [5, 5.41) is 5.69. The quantitative estimate of drug-likeness (QED) is 0.522. The molecule has 3 heterocycles. The highest BCUT2D eigenvalue weighted by Gasteiger charge is 2.34. The Balaban J connectivity index is 1.36. The van der Waals surface area contributed by atoms with Crippen molar-refractivity contribution in [1.29, 1.82) is 0 Å². The number of piperazine rings is 1. The van der Waals surface area contributed by atoms with Gasteiger partial charge in [0, 0.05) is 37.1 Å². The monoisotopic (exact) mass is 528 g/mol. The number of aliphatic imine (C=N–C) groups is 1. The summed E-state index contributed by atoms with van der Waals surface area (Å²) in [6.45, 7) is 3.31. The number of benzene rings is 2. The van der Waals surface area contributed by atoms with E-state index in [0.29, 0.717) is 21.0 Å². The number of carbonyl (C=O) groups excluding carboxylic acids is 2. The first-order valence-electron chi connectivity index (χ1n) is 11.5. The Labute approximate surface area is 214 Å². The highest BCUT2D eigenvalue weighted by molar-refractivity contribution is 8.18. The molecule has 5 rings (SSSR count). The summed E-state index contributed by atoms with van der Waals surface area (Å²) in [6.07, 6.45) is -1.32. The second-order valence-corrected chi connectivity index (χ2v) is 9.96. The van der Waals surface area contributed by atoms with Crippen molar-refractivity contribution in [3.8, 4) is 0 Å². The van der Waals surface area contributed by atoms with E-state index in [9.17, 15) is 22.8 Å². The fourth-order valence-corrected chi connectivity index (χ4v) is 5.26. The maximum absolute atomic E-state index is 13.6. The van der Waals surface area contributed by atoms with Gasteiger partial charge in [-0.15, -0.1) is 0 Å². The maximum Gasteiger partial charge on any atom is 0.416 e. The summed E-state index contributed by atoms with van der Waals surface area (Å²) in [5.74, 6) is -1.21. The van der Waals surface area contributed by atoms with Crippen molar-refractivity contribution in [1.82, 2.24) is 19.6 Å². The van der Waals surface area contributed by atoms with Gasteiger partial charge in [0.05, 0.1) is 28.7 Å². The van der Waals surface area contributed by atoms with E-state index in [0.717, 1.165) is 37.8 Å². The van der Waals surface area contributed by atoms with Gasteiger partial charge in [-0.1, -0.05) is 12.1 Å². The fraction of sp³-hybridized carbons (Fsp3) is 0.280. The first-order valence-corrected chi connectivity index (χ1v) is 12.3. The lowest BCUT2D eigenvalue weighted by atomic mass is 10.0. The number of amides is 2. The molecule has 2 aliphatic rings. The van der Waals surface area contributed by atoms with Gasteiger partial charge in [-0.25, -0.2) is 0 Å². The number of hydrogen-bond donors (Lipinski definition) is 1. The van der Waals surface area contributed by atoms with Crippen molar-refractivity contribution in [2.45, 2.75) is 12.7 Å². The van der Waals surface area contributed by atoms with Gasteiger partial charge in [0.15, 0.2) is 5.17 Å². The molecule has 2 aliphatic heterocycles. The van der Waals surface area contributed by atoms with E-state index in [-0.39, 0.29) is 23.6 Å². The standard InChI is InChI=1S/C25H23F3N6O2S/c1-32-6-8-33(9-7-32)24-31-23(36)21(37-24)11-15-2-5-20-18(10-15)13-30-34(20)14-17-4-3-16(22(29)35)12-19(17)25(26,27)28/h2-5,10-13H,6-9,14H2,1H3,(H2,29,35). The van der Waals surface area contributed by atoms with Crippen LogP contribution in [0.4, 0.5) is 13.2 Å². The number of fused-ring (bicyclic) bond motifs is 1. The van der Waals surface area contributed by atoms with Gasteiger partial charge in [-0.3, -0.25) is 14.3 Å². The average molecular weight is 529 g/mol. The van der Waals surface area contributed by atoms with Crippen LogP contribution in [-0.2, 0) is 17.5 Å². The molecule has 0 radical (unpaired) electrons. The predicted molar refractivity (Wildman–Crippen MR) is 136 cm³/mol. The number of alkyl halides is 3. The summed E-state index contributed by atoms with van der Waals surface area (Å²) in [4.78, 5) is 32.9. The third-order valence-electron chi connectivity index (χ3n) is 6.37. The second-order valence-electron chi connectivity index (χ2n) is 8.95. The number of carbonyl (C=O) groups is 2. The molecule has 2 aromatic carbocycles. The van der Waals surface area contributed by atoms with E-state index in [2.05, 4.69) is 26.9 Å². The minimum Gasteiger partial charge on any atom is -0.366 e. The van der Waals surface area contributed by atoms with E-state index in [1.165, 1.54) is 28.6 Å². The van der Waals surface area contributed by atoms with Crippen molar-refractivity contribution in [2.24, 2.45) is 10.7 Å². The zero-order valence-electron chi connectivity index (χ0n) is 19.8. The normalized spacial score (nSPS) is 18.2. The average Bonchev–Trinajstić information content (AvgIpc) is 3.42. The Hall–Kier alpha value is -3.64. The third kappa shape index (κ3) is 5.25. The molecule has 192 valence electrons. The van der Waals surface area contributed by atoms with Crippen LogP contribution in [0.1, 0.15) is 27.0 Å². The number of amidine groups is 1. The number of nitrogens with zero attached hydrogens (tertiary/aromatic N) is 5. The zero-order valence-corrected chi connectivity index (χ0v) is 20.6. The molecule has 1 aromatic heterocycles. The van der Waals surface area contributed by atoms with Crippen molar-refractivity contribution in [3.63, 3.8) is 0 Å². The zero-order chi connectivity index (χ0) is 26.3. The molecule has 1 fully saturated rings. The van der Waals surface area contributed by atoms with Gasteiger partial charge in [0.1, 0.15) is 0 Å². The van der Waals surface area contributed by atoms with Crippen LogP contribution in [0.15, 0.2) is 52.5 Å². The molecule has 2 amide bonds. The SMILES string of the molecule is CN1CCN(C2=NC(=O)C(=Cc3ccc4c(cnn4Cc4ccc(C(N)=O)cc4C(F)(F)F)c3)S2)CC1. The fourth-order valence-electron chi connectivity index (χ4n) is 4.30. The lowest BCUT2D eigenvalue weighted by Gasteiger charge is -2.32. The summed E-state index contributed by atoms with van der Waals surface area (Å²) >= 11 is 1.35. The van der Waals surface area contributed by atoms with E-state index < -0.39 is 17.6 Å². The highest BCUT2D eigenvalue weighted by atomic mass is 32.2. The molecule has 0 aliphatic carbocycles. The summed E-state index contributed by atoms with van der Waals surface area (Å²) in [5.41, 5.74) is 5.38. The minimum atomic E-state index is -4.65. The van der Waals surface area contributed by atoms with Gasteiger partial charge in [-0.05, 0) is 60.3 Å². The van der Waals surface area contributed by atoms with Gasteiger partial charge < -0.3 is 15.5 Å². The van der Waals surface area contributed by atoms with Crippen LogP contribution in [0.5, 0.6) is 0 Å². The number of thioether (sulfide) groups is 1. The molecule has 0 bridgehead atoms. The van der Waals surface area contributed by atoms with E-state index in [4.69, 9.17) is 5.73 Å². The summed E-state index contributed by atoms with van der Waals surface area (Å²) in [7, 11) is 2.06. The van der Waals surface area contributed by atoms with Gasteiger partial charge in [0.2, 0.25) is 5.91 Å². The van der Waals surface area contributed by atoms with Crippen molar-refractivity contribution < 1.29 is 22.8 Å². The third-order valence-corrected chi connectivity index (χ3v) is 7.41. The molecule has 37 heavy (non-hydrogen) atoms. The molecular weight excluding hydrogens is 505 g/mol. The lowest BCUT2D eigenvalue weighted by Crippen LogP contribution is -2.46. The summed E-state index contributed by atoms with van der Waals surface area (Å²) in [6, 6.07) is 8.66. The maximum atomic E-state index is 13.6. The molecule has 12 heteroatoms. The predicted octanol–water partition coefficient (Wildman–Crippen LogP) is 3.42. The molecule has 0 saturated carbocycles. The lowest BCUT2D eigenvalue weighted by molar-refractivity contribution is -0.138. The van der Waals surface area contributed by atoms with Crippen LogP contribution in [0.25, 0.3) is 17.0 Å². The Morgan fingerprint density at radius 1 is 1.14 bits per heavy atom. The van der Waals surface area contributed by atoms with Crippen LogP contribution in [0.2, 0.25) is 0 Å². The molecule has 8 nitrogen and oxygen atoms in total. The minimum absolute atomic E-state index is 0.0322. The molecule has 0 atom stereocenters. The van der Waals surface area contributed by atoms with E-state index in [1.54, 1.807) is 24.4 Å². The molecule has 0 spiro atoms. The molecule has 0 unspecified atom stereocenters. The molecule has 2 N–H and O–H groups in total. The van der Waals surface area contributed by atoms with Crippen LogP contribution in [0, 0.1) is 0 Å². The smallest absolute Gasteiger partial charge is 0.366 e. The highest BCUT2D eigenvalue weighted by Crippen LogP contribution is 2.34. The Kier molecular flexibility index (Phi) is 6.54. The van der Waals surface area contributed by atoms with Crippen LogP contribution < -0.4 is 5.73 Å². The van der Waals surface area contributed by atoms with Crippen LogP contribution in [-0.4, -0.2) is 69.8 Å². The summed E-state index contributed by atoms with van der Waals surface area (Å²) < 4.78 is 42.4. The van der Waals surface area contributed by atoms with Gasteiger partial charge in [-0.2, -0.15) is 23.3 Å². The Bertz CT molecular complexity index is 1450. The number of aromatic nitrogens is 2. The topological polar surface area (TPSA) is 96.8 Å². The van der Waals surface area contributed by atoms with E-state index >= 15 is 0 Å². The second kappa shape index (κ2) is 9.67. The van der Waals surface area contributed by atoms with E-state index in [1.807, 2.05) is 6.07 Å². The first-order chi connectivity index (χ1) is 17.6. The van der Waals surface area contributed by atoms with Crippen LogP contribution >= 0.6 is 11.8 Å². The number of hydrogen-bond acceptors (Lipinski definition) is 6. The molecule has 1 saturated heterocycles. The van der Waals surface area contributed by atoms with Crippen molar-refractivity contribution >= 4 is 45.7 Å². The largest absolute Gasteiger partial charge is 0.416 e. The van der Waals surface area contributed by atoms with Gasteiger partial charge in [0.25, 0.3) is 5.91 Å². The first kappa shape index (κ1) is 25.0. The van der Waals surface area contributed by atoms with Gasteiger partial charge >= 0.3 is 6.18 Å². The number of nitrogens with two attached hydrogens (primary N) is 1. The van der Waals surface area contributed by atoms with Crippen molar-refractivity contribution in [3.05, 3.63) is 69.8 Å². The van der Waals surface area contributed by atoms with Crippen molar-refractivity contribution in [2.75, 3.05) is 33.2 Å². The Morgan fingerprint density at radius 2 is 1.89 bits per heavy atom. The van der Waals surface area contributed by atoms with Crippen LogP contribution in [0.3, 0.4) is 0 Å². The molecule has 3 aromatic rings. The molecular formula is C25H23F3N6O2S. The Morgan fingerprint density at radius 3 is 2.59 bits per heavy atom. The number of halogens is 3. The number of primary amides is 1. The number of rotatable bonds is 4. The number of likely N-dealkylation sites (N-methyl/N-ethyl adjacent to an activating group) is 1.